The van der Waals surface area contributed by atoms with Gasteiger partial charge in [-0.2, -0.15) is 5.10 Å². The van der Waals surface area contributed by atoms with Crippen LogP contribution in [0.25, 0.3) is 0 Å². The average molecular weight is 381 g/mol. The van der Waals surface area contributed by atoms with Crippen molar-refractivity contribution in [3.8, 4) is 0 Å². The molecule has 4 rings (SSSR count). The van der Waals surface area contributed by atoms with Gasteiger partial charge in [-0.3, -0.25) is 4.79 Å². The number of hydrogen-bond donors (Lipinski definition) is 2. The van der Waals surface area contributed by atoms with Gasteiger partial charge in [0.05, 0.1) is 34.4 Å². The lowest BCUT2D eigenvalue weighted by Crippen LogP contribution is -2.38. The van der Waals surface area contributed by atoms with Gasteiger partial charge in [-0.15, -0.1) is 0 Å². The monoisotopic (exact) mass is 380 g/mol. The summed E-state index contributed by atoms with van der Waals surface area (Å²) in [7, 11) is -3.04. The zero-order chi connectivity index (χ0) is 17.8. The van der Waals surface area contributed by atoms with Crippen molar-refractivity contribution >= 4 is 33.0 Å². The van der Waals surface area contributed by atoms with Gasteiger partial charge in [0.1, 0.15) is 11.3 Å². The van der Waals surface area contributed by atoms with Crippen molar-refractivity contribution in [2.75, 3.05) is 16.8 Å². The molecule has 1 amide bonds. The third-order valence-electron chi connectivity index (χ3n) is 4.66. The Labute approximate surface area is 150 Å². The number of benzene rings is 1. The molecular formula is C16H17ClN4O3S. The number of aromatic nitrogens is 2. The van der Waals surface area contributed by atoms with Crippen LogP contribution in [0.1, 0.15) is 40.2 Å². The number of anilines is 1. The topological polar surface area (TPSA) is 93.1 Å². The first-order valence-corrected chi connectivity index (χ1v) is 10.2. The third kappa shape index (κ3) is 2.79. The highest BCUT2D eigenvalue weighted by molar-refractivity contribution is 7.91. The highest BCUT2D eigenvalue weighted by atomic mass is 35.5. The molecule has 2 aliphatic rings. The summed E-state index contributed by atoms with van der Waals surface area (Å²) in [6, 6.07) is 6.96. The van der Waals surface area contributed by atoms with Crippen LogP contribution in [0.3, 0.4) is 0 Å². The quantitative estimate of drug-likeness (QED) is 0.831. The molecular weight excluding hydrogens is 364 g/mol. The van der Waals surface area contributed by atoms with E-state index in [1.54, 1.807) is 23.7 Å². The molecule has 2 atom stereocenters. The Morgan fingerprint density at radius 3 is 2.76 bits per heavy atom. The Morgan fingerprint density at radius 2 is 2.04 bits per heavy atom. The van der Waals surface area contributed by atoms with Crippen molar-refractivity contribution in [2.45, 2.75) is 25.6 Å². The molecule has 0 radical (unpaired) electrons. The predicted molar refractivity (Wildman–Crippen MR) is 94.6 cm³/mol. The summed E-state index contributed by atoms with van der Waals surface area (Å²) in [6.45, 7) is 1.80. The maximum Gasteiger partial charge on any atom is 0.255 e. The summed E-state index contributed by atoms with van der Waals surface area (Å²) >= 11 is 6.53. The van der Waals surface area contributed by atoms with Crippen LogP contribution in [0.5, 0.6) is 0 Å². The van der Waals surface area contributed by atoms with E-state index in [0.717, 1.165) is 5.69 Å². The molecule has 0 spiro atoms. The van der Waals surface area contributed by atoms with E-state index in [1.807, 2.05) is 12.1 Å². The summed E-state index contributed by atoms with van der Waals surface area (Å²) in [5.74, 6) is 0.000203. The van der Waals surface area contributed by atoms with Crippen LogP contribution in [0.15, 0.2) is 24.3 Å². The minimum Gasteiger partial charge on any atom is -0.361 e. The van der Waals surface area contributed by atoms with Crippen LogP contribution in [-0.2, 0) is 9.84 Å². The van der Waals surface area contributed by atoms with Gasteiger partial charge in [-0.05, 0) is 25.5 Å². The first-order chi connectivity index (χ1) is 11.9. The molecule has 132 valence electrons. The smallest absolute Gasteiger partial charge is 0.255 e. The third-order valence-corrected chi connectivity index (χ3v) is 6.79. The van der Waals surface area contributed by atoms with Crippen LogP contribution in [0.4, 0.5) is 5.69 Å². The fraction of sp³-hybridized carbons (Fsp3) is 0.375. The fourth-order valence-corrected chi connectivity index (χ4v) is 5.54. The maximum atomic E-state index is 12.3. The van der Waals surface area contributed by atoms with Gasteiger partial charge in [-0.1, -0.05) is 23.7 Å². The second kappa shape index (κ2) is 5.74. The molecule has 0 saturated carbocycles. The zero-order valence-electron chi connectivity index (χ0n) is 13.5. The fourth-order valence-electron chi connectivity index (χ4n) is 3.42. The van der Waals surface area contributed by atoms with Gasteiger partial charge in [0.15, 0.2) is 9.84 Å². The Morgan fingerprint density at radius 1 is 1.28 bits per heavy atom. The largest absolute Gasteiger partial charge is 0.361 e. The molecule has 7 nitrogen and oxygen atoms in total. The Kier molecular flexibility index (Phi) is 3.77. The minimum atomic E-state index is -3.04. The maximum absolute atomic E-state index is 12.3. The SMILES string of the molecule is Cc1nn([C@H]2CCS(=O)(=O)C2)c(Cl)c1[C@@H]1NC(=O)c2ccccc2N1. The van der Waals surface area contributed by atoms with E-state index in [0.29, 0.717) is 28.4 Å². The van der Waals surface area contributed by atoms with Crippen molar-refractivity contribution in [1.29, 1.82) is 0 Å². The van der Waals surface area contributed by atoms with Crippen LogP contribution >= 0.6 is 11.6 Å². The van der Waals surface area contributed by atoms with E-state index < -0.39 is 16.0 Å². The molecule has 2 aromatic rings. The zero-order valence-corrected chi connectivity index (χ0v) is 15.1. The number of nitrogens with zero attached hydrogens (tertiary/aromatic N) is 2. The van der Waals surface area contributed by atoms with Gasteiger partial charge in [0.25, 0.3) is 5.91 Å². The summed E-state index contributed by atoms with van der Waals surface area (Å²) in [5, 5.41) is 10.9. The lowest BCUT2D eigenvalue weighted by Gasteiger charge is -2.28. The van der Waals surface area contributed by atoms with Gasteiger partial charge in [0.2, 0.25) is 0 Å². The number of amides is 1. The van der Waals surface area contributed by atoms with E-state index in [1.165, 1.54) is 0 Å². The van der Waals surface area contributed by atoms with Crippen molar-refractivity contribution < 1.29 is 13.2 Å². The second-order valence-electron chi connectivity index (χ2n) is 6.39. The highest BCUT2D eigenvalue weighted by Gasteiger charge is 2.35. The molecule has 1 aromatic carbocycles. The van der Waals surface area contributed by atoms with E-state index in [2.05, 4.69) is 15.7 Å². The van der Waals surface area contributed by atoms with Crippen molar-refractivity contribution in [3.05, 3.63) is 46.2 Å². The number of sulfone groups is 1. The Bertz CT molecular complexity index is 970. The summed E-state index contributed by atoms with van der Waals surface area (Å²) in [6.07, 6.45) is -0.0164. The predicted octanol–water partition coefficient (Wildman–Crippen LogP) is 2.06. The van der Waals surface area contributed by atoms with E-state index in [9.17, 15) is 13.2 Å². The number of carbonyl (C=O) groups excluding carboxylic acids is 1. The molecule has 3 heterocycles. The molecule has 1 fully saturated rings. The number of hydrogen-bond acceptors (Lipinski definition) is 5. The minimum absolute atomic E-state index is 0.0422. The molecule has 1 saturated heterocycles. The van der Waals surface area contributed by atoms with Crippen LogP contribution in [-0.4, -0.2) is 35.6 Å². The first-order valence-electron chi connectivity index (χ1n) is 7.97. The summed E-state index contributed by atoms with van der Waals surface area (Å²) < 4.78 is 25.1. The number of rotatable bonds is 2. The van der Waals surface area contributed by atoms with Gasteiger partial charge in [-0.25, -0.2) is 13.1 Å². The molecule has 2 aliphatic heterocycles. The highest BCUT2D eigenvalue weighted by Crippen LogP contribution is 2.35. The van der Waals surface area contributed by atoms with Gasteiger partial charge in [0, 0.05) is 5.69 Å². The number of halogens is 1. The number of para-hydroxylation sites is 1. The number of carbonyl (C=O) groups is 1. The first kappa shape index (κ1) is 16.4. The molecule has 25 heavy (non-hydrogen) atoms. The average Bonchev–Trinajstić information content (AvgIpc) is 3.06. The van der Waals surface area contributed by atoms with Crippen LogP contribution in [0.2, 0.25) is 5.15 Å². The second-order valence-corrected chi connectivity index (χ2v) is 8.97. The van der Waals surface area contributed by atoms with Crippen LogP contribution in [0, 0.1) is 6.92 Å². The summed E-state index contributed by atoms with van der Waals surface area (Å²) in [5.41, 5.74) is 2.62. The Hall–Kier alpha value is -2.06. The normalized spacial score (nSPS) is 24.5. The van der Waals surface area contributed by atoms with E-state index in [-0.39, 0.29) is 23.5 Å². The molecule has 0 aliphatic carbocycles. The molecule has 0 bridgehead atoms. The molecule has 1 aromatic heterocycles. The summed E-state index contributed by atoms with van der Waals surface area (Å²) in [4.78, 5) is 12.3. The van der Waals surface area contributed by atoms with Crippen molar-refractivity contribution in [2.24, 2.45) is 0 Å². The lowest BCUT2D eigenvalue weighted by molar-refractivity contribution is 0.0935. The number of aryl methyl sites for hydroxylation is 1. The van der Waals surface area contributed by atoms with Crippen molar-refractivity contribution in [3.63, 3.8) is 0 Å². The van der Waals surface area contributed by atoms with Crippen LogP contribution < -0.4 is 10.6 Å². The van der Waals surface area contributed by atoms with Gasteiger partial charge < -0.3 is 10.6 Å². The number of fused-ring (bicyclic) bond motifs is 1. The lowest BCUT2D eigenvalue weighted by atomic mass is 10.1. The molecule has 2 N–H and O–H groups in total. The molecule has 9 heteroatoms. The standard InChI is InChI=1S/C16H17ClN4O3S/c1-9-13(14(17)21(20-9)10-6-7-25(23,24)8-10)15-18-12-5-3-2-4-11(12)16(22)19-15/h2-5,10,15,18H,6-8H2,1H3,(H,19,22)/t10-,15-/m0/s1. The number of nitrogens with one attached hydrogen (secondary N) is 2. The Balaban J connectivity index is 1.69. The molecule has 0 unspecified atom stereocenters. The van der Waals surface area contributed by atoms with E-state index >= 15 is 0 Å². The van der Waals surface area contributed by atoms with E-state index in [4.69, 9.17) is 11.6 Å². The van der Waals surface area contributed by atoms with Gasteiger partial charge >= 0.3 is 0 Å². The van der Waals surface area contributed by atoms with Crippen molar-refractivity contribution in [1.82, 2.24) is 15.1 Å².